The first-order valence-corrected chi connectivity index (χ1v) is 35.4. The molecule has 0 spiro atoms. The minimum Gasteiger partial charge on any atom is -0.507 e. The van der Waals surface area contributed by atoms with Gasteiger partial charge in [0.2, 0.25) is 0 Å². The lowest BCUT2D eigenvalue weighted by molar-refractivity contribution is -0.377. The minimum atomic E-state index is -2.83. The second kappa shape index (κ2) is 34.1. The maximum Gasteiger partial charge on any atom is 0.432 e. The molecule has 520 valence electrons. The van der Waals surface area contributed by atoms with Crippen LogP contribution in [-0.2, 0) is 85.5 Å². The monoisotopic (exact) mass is 1290 g/mol. The second-order valence-electron chi connectivity index (χ2n) is 30.7. The number of benzene rings is 4. The van der Waals surface area contributed by atoms with E-state index in [2.05, 4.69) is 83.1 Å². The number of hydrogen-bond donors (Lipinski definition) is 4. The molecule has 4 aromatic rings. The number of rotatable bonds is 38. The van der Waals surface area contributed by atoms with Crippen molar-refractivity contribution in [3.63, 3.8) is 0 Å². The van der Waals surface area contributed by atoms with Crippen molar-refractivity contribution < 1.29 is 58.6 Å². The molecule has 0 aliphatic carbocycles. The molecule has 0 unspecified atom stereocenters. The number of ether oxygens (including phenoxy) is 4. The van der Waals surface area contributed by atoms with Gasteiger partial charge in [-0.05, 0) is 209 Å². The molecule has 0 aliphatic heterocycles. The van der Waals surface area contributed by atoms with Gasteiger partial charge in [0.05, 0.1) is 0 Å². The van der Waals surface area contributed by atoms with E-state index in [0.717, 1.165) is 169 Å². The third-order valence-electron chi connectivity index (χ3n) is 20.6. The summed E-state index contributed by atoms with van der Waals surface area (Å²) >= 11 is 0. The van der Waals surface area contributed by atoms with E-state index in [1.807, 2.05) is 79.7 Å². The number of unbranched alkanes of at least 4 members (excludes halogenated alkanes) is 8. The first-order chi connectivity index (χ1) is 43.3. The molecule has 0 radical (unpaired) electrons. The van der Waals surface area contributed by atoms with Gasteiger partial charge >= 0.3 is 29.9 Å². The Kier molecular flexibility index (Phi) is 29.1. The van der Waals surface area contributed by atoms with E-state index in [1.165, 1.54) is 0 Å². The number of carbonyl (C=O) groups is 4. The topological polar surface area (TPSA) is 186 Å². The Morgan fingerprint density at radius 3 is 0.774 bits per heavy atom. The van der Waals surface area contributed by atoms with E-state index in [4.69, 9.17) is 18.9 Å². The molecular weight excluding hydrogens is 1160 g/mol. The van der Waals surface area contributed by atoms with Crippen LogP contribution in [0.5, 0.6) is 23.0 Å². The Hall–Kier alpha value is -6.04. The van der Waals surface area contributed by atoms with E-state index in [0.29, 0.717) is 22.3 Å². The Morgan fingerprint density at radius 2 is 0.559 bits per heavy atom. The summed E-state index contributed by atoms with van der Waals surface area (Å²) in [4.78, 5) is 58.9. The van der Waals surface area contributed by atoms with Crippen LogP contribution >= 0.6 is 0 Å². The highest BCUT2D eigenvalue weighted by molar-refractivity contribution is 5.76. The van der Waals surface area contributed by atoms with E-state index in [9.17, 15) is 39.6 Å². The lowest BCUT2D eigenvalue weighted by atomic mass is 9.77. The average Bonchev–Trinajstić information content (AvgIpc) is 0.820. The Bertz CT molecular complexity index is 2960. The van der Waals surface area contributed by atoms with Crippen LogP contribution in [0.25, 0.3) is 0 Å². The predicted octanol–water partition coefficient (Wildman–Crippen LogP) is 20.1. The van der Waals surface area contributed by atoms with Gasteiger partial charge in [-0.25, -0.2) is 0 Å². The highest BCUT2D eigenvalue weighted by atomic mass is 16.9. The number of carbonyl (C=O) groups excluding carboxylic acids is 4. The number of aryl methyl sites for hydroxylation is 4. The van der Waals surface area contributed by atoms with Crippen LogP contribution in [0, 0.1) is 60.8 Å². The molecule has 0 saturated carbocycles. The Morgan fingerprint density at radius 1 is 0.344 bits per heavy atom. The average molecular weight is 1290 g/mol. The van der Waals surface area contributed by atoms with Gasteiger partial charge in [-0.2, -0.15) is 0 Å². The highest BCUT2D eigenvalue weighted by Crippen LogP contribution is 2.46. The first kappa shape index (κ1) is 79.4. The third kappa shape index (κ3) is 20.5. The van der Waals surface area contributed by atoms with Crippen molar-refractivity contribution in [3.8, 4) is 23.0 Å². The molecule has 4 rings (SSSR count). The van der Waals surface area contributed by atoms with Crippen molar-refractivity contribution in [3.05, 3.63) is 113 Å². The maximum absolute atomic E-state index is 14.9. The van der Waals surface area contributed by atoms with Crippen molar-refractivity contribution >= 4 is 23.9 Å². The fourth-order valence-electron chi connectivity index (χ4n) is 13.9. The second-order valence-corrected chi connectivity index (χ2v) is 30.7. The maximum atomic E-state index is 14.9. The van der Waals surface area contributed by atoms with Crippen molar-refractivity contribution in [1.82, 2.24) is 0 Å². The molecule has 4 aromatic carbocycles. The van der Waals surface area contributed by atoms with Gasteiger partial charge in [0, 0.05) is 47.9 Å². The van der Waals surface area contributed by atoms with Crippen molar-refractivity contribution in [1.29, 1.82) is 0 Å². The van der Waals surface area contributed by atoms with Gasteiger partial charge in [-0.15, -0.1) is 0 Å². The summed E-state index contributed by atoms with van der Waals surface area (Å²) in [6.45, 7) is 43.6. The number of phenolic OH excluding ortho intramolecular Hbond substituents is 4. The summed E-state index contributed by atoms with van der Waals surface area (Å²) in [6.07, 6.45) is 15.9. The van der Waals surface area contributed by atoms with Crippen molar-refractivity contribution in [2.75, 3.05) is 6.61 Å². The molecule has 0 saturated heterocycles. The van der Waals surface area contributed by atoms with Gasteiger partial charge < -0.3 is 39.4 Å². The summed E-state index contributed by atoms with van der Waals surface area (Å²) in [5, 5.41) is 47.1. The van der Waals surface area contributed by atoms with Crippen LogP contribution in [0.2, 0.25) is 0 Å². The van der Waals surface area contributed by atoms with E-state index in [1.54, 1.807) is 13.8 Å². The highest BCUT2D eigenvalue weighted by Gasteiger charge is 2.58. The standard InChI is InChI=1S/C81H124O12/c1-23-27-31-43-76(13,14)64-47-52(5)60(56(9)72(64)86)35-39-68(82)90-51-80(21,22)81(91-69(83)40-36-61-53(6)48-65(73(87)57(61)10)77(15,16)44-32-28-24-2,92-70(84)41-37-62-54(7)49-66(74(88)58(62)11)78(17,18)45-33-29-25-3)93-71(85)42-38-63-55(8)50-67(75(89)59(63)12)79(19,20)46-34-30-26-4/h47-50,86-89H,23-46,51H2,1-22H3. The number of esters is 4. The zero-order chi connectivity index (χ0) is 70.2. The van der Waals surface area contributed by atoms with Gasteiger partial charge in [-0.1, -0.05) is 184 Å². The quantitative estimate of drug-likeness (QED) is 0.0189. The minimum absolute atomic E-state index is 0.0937. The van der Waals surface area contributed by atoms with Gasteiger partial charge in [-0.3, -0.25) is 19.2 Å². The Balaban J connectivity index is 1.84. The molecule has 0 aromatic heterocycles. The van der Waals surface area contributed by atoms with Crippen LogP contribution in [0.4, 0.5) is 0 Å². The summed E-state index contributed by atoms with van der Waals surface area (Å²) < 4.78 is 25.4. The number of hydrogen-bond acceptors (Lipinski definition) is 12. The Labute approximate surface area is 562 Å². The summed E-state index contributed by atoms with van der Waals surface area (Å²) in [6, 6.07) is 8.00. The van der Waals surface area contributed by atoms with Crippen LogP contribution in [-0.4, -0.2) is 56.9 Å². The van der Waals surface area contributed by atoms with Crippen molar-refractivity contribution in [2.45, 2.75) is 334 Å². The van der Waals surface area contributed by atoms with Crippen molar-refractivity contribution in [2.24, 2.45) is 5.41 Å². The molecule has 0 amide bonds. The molecule has 0 fully saturated rings. The number of phenols is 4. The predicted molar refractivity (Wildman–Crippen MR) is 378 cm³/mol. The lowest BCUT2D eigenvalue weighted by Gasteiger charge is -2.41. The van der Waals surface area contributed by atoms with Crippen LogP contribution in [0.3, 0.4) is 0 Å². The molecule has 93 heavy (non-hydrogen) atoms. The van der Waals surface area contributed by atoms with Crippen LogP contribution in [0.15, 0.2) is 24.3 Å². The fourth-order valence-corrected chi connectivity index (χ4v) is 13.9. The van der Waals surface area contributed by atoms with E-state index < -0.39 is 41.9 Å². The largest absolute Gasteiger partial charge is 0.507 e. The summed E-state index contributed by atoms with van der Waals surface area (Å²) in [5.74, 6) is -5.40. The molecular formula is C81H124O12. The summed E-state index contributed by atoms with van der Waals surface area (Å²) in [5.41, 5.74) is 9.58. The van der Waals surface area contributed by atoms with Crippen LogP contribution < -0.4 is 0 Å². The molecule has 0 atom stereocenters. The normalized spacial score (nSPS) is 12.5. The SMILES string of the molecule is CCCCCC(C)(C)c1cc(C)c(CCC(=O)OCC(C)(C)C(OC(=O)CCc2c(C)cc(C(C)(C)CCCCC)c(O)c2C)(OC(=O)CCc2c(C)cc(C(C)(C)CCCCC)c(O)c2C)OC(=O)CCc2c(C)cc(C(C)(C)CCCCC)c(O)c2C)c(C)c1O. The van der Waals surface area contributed by atoms with Gasteiger partial charge in [0.1, 0.15) is 35.0 Å². The summed E-state index contributed by atoms with van der Waals surface area (Å²) in [7, 11) is 0. The zero-order valence-corrected chi connectivity index (χ0v) is 62.0. The molecule has 12 nitrogen and oxygen atoms in total. The smallest absolute Gasteiger partial charge is 0.432 e. The zero-order valence-electron chi connectivity index (χ0n) is 62.0. The molecule has 0 heterocycles. The number of aromatic hydroxyl groups is 4. The fraction of sp³-hybridized carbons (Fsp3) is 0.654. The molecule has 4 N–H and O–H groups in total. The van der Waals surface area contributed by atoms with Gasteiger partial charge in [0.25, 0.3) is 0 Å². The van der Waals surface area contributed by atoms with E-state index in [-0.39, 0.29) is 96.0 Å². The first-order valence-electron chi connectivity index (χ1n) is 35.4. The molecule has 0 aliphatic rings. The van der Waals surface area contributed by atoms with Crippen LogP contribution in [0.1, 0.15) is 314 Å². The lowest BCUT2D eigenvalue weighted by Crippen LogP contribution is -2.57. The third-order valence-corrected chi connectivity index (χ3v) is 20.6. The molecule has 12 heteroatoms. The van der Waals surface area contributed by atoms with Gasteiger partial charge in [0.15, 0.2) is 0 Å². The molecule has 0 bridgehead atoms. The van der Waals surface area contributed by atoms with E-state index >= 15 is 0 Å².